The molecule has 2 heterocycles. The van der Waals surface area contributed by atoms with Gasteiger partial charge in [-0.1, -0.05) is 0 Å². The van der Waals surface area contributed by atoms with Crippen molar-refractivity contribution in [1.82, 2.24) is 4.90 Å². The molecule has 0 bridgehead atoms. The second-order valence-electron chi connectivity index (χ2n) is 5.53. The summed E-state index contributed by atoms with van der Waals surface area (Å²) in [6.45, 7) is 4.05. The van der Waals surface area contributed by atoms with Crippen molar-refractivity contribution in [3.8, 4) is 0 Å². The molecular weight excluding hydrogens is 300 g/mol. The van der Waals surface area contributed by atoms with E-state index in [-0.39, 0.29) is 17.9 Å². The van der Waals surface area contributed by atoms with Gasteiger partial charge in [0.25, 0.3) is 5.91 Å². The molecule has 6 heteroatoms. The third-order valence-electron chi connectivity index (χ3n) is 3.98. The molecule has 2 aliphatic heterocycles. The molecule has 0 unspecified atom stereocenters. The van der Waals surface area contributed by atoms with Gasteiger partial charge in [-0.2, -0.15) is 0 Å². The van der Waals surface area contributed by atoms with Crippen LogP contribution < -0.4 is 5.32 Å². The Morgan fingerprint density at radius 3 is 3.09 bits per heavy atom. The summed E-state index contributed by atoms with van der Waals surface area (Å²) in [5.41, 5.74) is 1.35. The van der Waals surface area contributed by atoms with Gasteiger partial charge < -0.3 is 15.0 Å². The molecule has 22 heavy (non-hydrogen) atoms. The van der Waals surface area contributed by atoms with Gasteiger partial charge in [-0.15, -0.1) is 11.8 Å². The molecule has 0 radical (unpaired) electrons. The third kappa shape index (κ3) is 3.28. The van der Waals surface area contributed by atoms with Crippen LogP contribution in [0.2, 0.25) is 0 Å². The van der Waals surface area contributed by atoms with E-state index in [2.05, 4.69) is 5.32 Å². The van der Waals surface area contributed by atoms with E-state index in [1.54, 1.807) is 6.07 Å². The Hall–Kier alpha value is -1.53. The van der Waals surface area contributed by atoms with Crippen LogP contribution in [0.1, 0.15) is 30.1 Å². The summed E-state index contributed by atoms with van der Waals surface area (Å²) in [6.07, 6.45) is 2.23. The van der Waals surface area contributed by atoms with Crippen LogP contribution in [0, 0.1) is 0 Å². The number of anilines is 1. The molecule has 1 N–H and O–H groups in total. The predicted molar refractivity (Wildman–Crippen MR) is 86.3 cm³/mol. The number of hydrogen-bond acceptors (Lipinski definition) is 4. The zero-order valence-electron chi connectivity index (χ0n) is 12.6. The Labute approximate surface area is 134 Å². The van der Waals surface area contributed by atoms with Crippen molar-refractivity contribution in [2.45, 2.75) is 30.8 Å². The highest BCUT2D eigenvalue weighted by Gasteiger charge is 2.24. The first kappa shape index (κ1) is 15.4. The minimum atomic E-state index is -0.0196. The monoisotopic (exact) mass is 320 g/mol. The summed E-state index contributed by atoms with van der Waals surface area (Å²) in [5, 5.41) is 2.83. The number of hydrogen-bond donors (Lipinski definition) is 1. The van der Waals surface area contributed by atoms with E-state index < -0.39 is 0 Å². The standard InChI is InChI=1S/C16H20N2O3S/c1-2-18(9-12-4-3-7-21-12)16(20)11-5-6-14-13(8-11)17-15(19)10-22-14/h5-6,8,12H,2-4,7,9-10H2,1H3,(H,17,19)/t12-/m1/s1. The molecule has 1 saturated heterocycles. The second kappa shape index (κ2) is 6.71. The first-order valence-corrected chi connectivity index (χ1v) is 8.63. The van der Waals surface area contributed by atoms with Crippen molar-refractivity contribution >= 4 is 29.3 Å². The van der Waals surface area contributed by atoms with Gasteiger partial charge in [-0.3, -0.25) is 9.59 Å². The van der Waals surface area contributed by atoms with Gasteiger partial charge >= 0.3 is 0 Å². The van der Waals surface area contributed by atoms with Crippen LogP contribution >= 0.6 is 11.8 Å². The smallest absolute Gasteiger partial charge is 0.254 e. The van der Waals surface area contributed by atoms with Crippen LogP contribution in [-0.2, 0) is 9.53 Å². The first-order chi connectivity index (χ1) is 10.7. The quantitative estimate of drug-likeness (QED) is 0.925. The first-order valence-electron chi connectivity index (χ1n) is 7.65. The van der Waals surface area contributed by atoms with Crippen LogP contribution in [0.4, 0.5) is 5.69 Å². The fourth-order valence-electron chi connectivity index (χ4n) is 2.79. The number of nitrogens with zero attached hydrogens (tertiary/aromatic N) is 1. The van der Waals surface area contributed by atoms with E-state index in [0.717, 1.165) is 30.0 Å². The molecule has 1 aromatic rings. The maximum absolute atomic E-state index is 12.7. The summed E-state index contributed by atoms with van der Waals surface area (Å²) in [5.74, 6) is 0.403. The third-order valence-corrected chi connectivity index (χ3v) is 5.05. The van der Waals surface area contributed by atoms with Crippen LogP contribution in [0.5, 0.6) is 0 Å². The van der Waals surface area contributed by atoms with E-state index in [9.17, 15) is 9.59 Å². The number of ether oxygens (including phenoxy) is 1. The van der Waals surface area contributed by atoms with Gasteiger partial charge in [-0.25, -0.2) is 0 Å². The predicted octanol–water partition coefficient (Wildman–Crippen LogP) is 2.37. The number of thioether (sulfide) groups is 1. The largest absolute Gasteiger partial charge is 0.376 e. The van der Waals surface area contributed by atoms with Crippen molar-refractivity contribution in [2.75, 3.05) is 30.8 Å². The van der Waals surface area contributed by atoms with Crippen molar-refractivity contribution in [2.24, 2.45) is 0 Å². The molecule has 5 nitrogen and oxygen atoms in total. The van der Waals surface area contributed by atoms with E-state index >= 15 is 0 Å². The molecule has 1 fully saturated rings. The van der Waals surface area contributed by atoms with Crippen molar-refractivity contribution in [3.05, 3.63) is 23.8 Å². The van der Waals surface area contributed by atoms with Crippen molar-refractivity contribution < 1.29 is 14.3 Å². The zero-order chi connectivity index (χ0) is 15.5. The van der Waals surface area contributed by atoms with E-state index in [1.807, 2.05) is 24.0 Å². The van der Waals surface area contributed by atoms with Crippen LogP contribution in [0.3, 0.4) is 0 Å². The molecule has 1 atom stereocenters. The number of rotatable bonds is 4. The second-order valence-corrected chi connectivity index (χ2v) is 6.54. The minimum absolute atomic E-state index is 0.00868. The number of carbonyl (C=O) groups excluding carboxylic acids is 2. The summed E-state index contributed by atoms with van der Waals surface area (Å²) >= 11 is 1.50. The van der Waals surface area contributed by atoms with Gasteiger partial charge in [0.1, 0.15) is 0 Å². The molecule has 118 valence electrons. The normalized spacial score (nSPS) is 20.4. The lowest BCUT2D eigenvalue weighted by molar-refractivity contribution is -0.113. The topological polar surface area (TPSA) is 58.6 Å². The molecule has 2 amide bonds. The molecule has 1 aromatic carbocycles. The van der Waals surface area contributed by atoms with Crippen molar-refractivity contribution in [1.29, 1.82) is 0 Å². The van der Waals surface area contributed by atoms with Gasteiger partial charge in [0, 0.05) is 30.2 Å². The molecule has 0 saturated carbocycles. The number of nitrogens with one attached hydrogen (secondary N) is 1. The molecule has 0 spiro atoms. The highest BCUT2D eigenvalue weighted by molar-refractivity contribution is 8.00. The fourth-order valence-corrected chi connectivity index (χ4v) is 3.58. The lowest BCUT2D eigenvalue weighted by Gasteiger charge is -2.25. The minimum Gasteiger partial charge on any atom is -0.376 e. The molecule has 0 aliphatic carbocycles. The summed E-state index contributed by atoms with van der Waals surface area (Å²) in [4.78, 5) is 27.0. The van der Waals surface area contributed by atoms with E-state index in [4.69, 9.17) is 4.74 Å². The number of amides is 2. The van der Waals surface area contributed by atoms with Gasteiger partial charge in [-0.05, 0) is 38.0 Å². The Balaban J connectivity index is 1.75. The highest BCUT2D eigenvalue weighted by atomic mass is 32.2. The van der Waals surface area contributed by atoms with Gasteiger partial charge in [0.15, 0.2) is 0 Å². The number of benzene rings is 1. The summed E-state index contributed by atoms with van der Waals surface area (Å²) < 4.78 is 5.62. The summed E-state index contributed by atoms with van der Waals surface area (Å²) in [7, 11) is 0. The SMILES string of the molecule is CCN(C[C@H]1CCCO1)C(=O)c1ccc2c(c1)NC(=O)CS2. The highest BCUT2D eigenvalue weighted by Crippen LogP contribution is 2.32. The van der Waals surface area contributed by atoms with E-state index in [1.165, 1.54) is 11.8 Å². The average Bonchev–Trinajstić information content (AvgIpc) is 3.04. The Bertz CT molecular complexity index is 585. The Morgan fingerprint density at radius 2 is 2.36 bits per heavy atom. The van der Waals surface area contributed by atoms with Crippen LogP contribution in [-0.4, -0.2) is 48.3 Å². The van der Waals surface area contributed by atoms with Crippen molar-refractivity contribution in [3.63, 3.8) is 0 Å². The maximum atomic E-state index is 12.7. The van der Waals surface area contributed by atoms with Gasteiger partial charge in [0.2, 0.25) is 5.91 Å². The fraction of sp³-hybridized carbons (Fsp3) is 0.500. The number of carbonyl (C=O) groups is 2. The lowest BCUT2D eigenvalue weighted by Crippen LogP contribution is -2.37. The average molecular weight is 320 g/mol. The Kier molecular flexibility index (Phi) is 4.69. The Morgan fingerprint density at radius 1 is 1.50 bits per heavy atom. The molecule has 0 aromatic heterocycles. The lowest BCUT2D eigenvalue weighted by atomic mass is 10.1. The number of likely N-dealkylation sites (N-methyl/N-ethyl adjacent to an activating group) is 1. The zero-order valence-corrected chi connectivity index (χ0v) is 13.4. The molecular formula is C16H20N2O3S. The van der Waals surface area contributed by atoms with Crippen LogP contribution in [0.15, 0.2) is 23.1 Å². The number of fused-ring (bicyclic) bond motifs is 1. The summed E-state index contributed by atoms with van der Waals surface area (Å²) in [6, 6.07) is 5.52. The molecule has 2 aliphatic rings. The maximum Gasteiger partial charge on any atom is 0.254 e. The van der Waals surface area contributed by atoms with Crippen LogP contribution in [0.25, 0.3) is 0 Å². The molecule has 3 rings (SSSR count). The van der Waals surface area contributed by atoms with Gasteiger partial charge in [0.05, 0.1) is 17.5 Å². The van der Waals surface area contributed by atoms with E-state index in [0.29, 0.717) is 24.4 Å².